The summed E-state index contributed by atoms with van der Waals surface area (Å²) in [5.74, 6) is -0.383. The molecule has 0 bridgehead atoms. The van der Waals surface area contributed by atoms with Crippen molar-refractivity contribution < 1.29 is 14.7 Å². The standard InChI is InChI=1S/C20H23NO3/c1-14(2)18(16-6-4-3-5-7-16)13-19(22)21-17-10-8-15(9-11-17)12-20(23)24/h3-11,14,18H,12-13H2,1-2H3,(H,21,22)(H,23,24). The van der Waals surface area contributed by atoms with Crippen LogP contribution in [0.4, 0.5) is 5.69 Å². The number of benzene rings is 2. The van der Waals surface area contributed by atoms with Crippen molar-refractivity contribution in [1.82, 2.24) is 0 Å². The van der Waals surface area contributed by atoms with E-state index in [1.165, 1.54) is 5.56 Å². The van der Waals surface area contributed by atoms with E-state index in [0.717, 1.165) is 0 Å². The van der Waals surface area contributed by atoms with Gasteiger partial charge in [-0.05, 0) is 35.1 Å². The molecule has 0 heterocycles. The zero-order valence-electron chi connectivity index (χ0n) is 14.0. The SMILES string of the molecule is CC(C)C(CC(=O)Nc1ccc(CC(=O)O)cc1)c1ccccc1. The Balaban J connectivity index is 1.99. The molecule has 0 fully saturated rings. The summed E-state index contributed by atoms with van der Waals surface area (Å²) in [6, 6.07) is 17.0. The molecule has 2 aromatic carbocycles. The lowest BCUT2D eigenvalue weighted by atomic mass is 9.85. The fourth-order valence-corrected chi connectivity index (χ4v) is 2.73. The molecule has 0 aliphatic carbocycles. The average Bonchev–Trinajstić information content (AvgIpc) is 2.54. The quantitative estimate of drug-likeness (QED) is 0.806. The summed E-state index contributed by atoms with van der Waals surface area (Å²) in [5, 5.41) is 11.7. The second-order valence-corrected chi connectivity index (χ2v) is 6.28. The fourth-order valence-electron chi connectivity index (χ4n) is 2.73. The van der Waals surface area contributed by atoms with Crippen LogP contribution in [-0.4, -0.2) is 17.0 Å². The number of hydrogen-bond donors (Lipinski definition) is 2. The Kier molecular flexibility index (Phi) is 6.13. The van der Waals surface area contributed by atoms with Crippen molar-refractivity contribution >= 4 is 17.6 Å². The number of anilines is 1. The number of amides is 1. The molecule has 0 aliphatic rings. The van der Waals surface area contributed by atoms with E-state index in [1.807, 2.05) is 18.2 Å². The van der Waals surface area contributed by atoms with E-state index >= 15 is 0 Å². The first-order chi connectivity index (χ1) is 11.5. The summed E-state index contributed by atoms with van der Waals surface area (Å²) in [4.78, 5) is 23.0. The van der Waals surface area contributed by atoms with E-state index in [9.17, 15) is 9.59 Å². The Hall–Kier alpha value is -2.62. The summed E-state index contributed by atoms with van der Waals surface area (Å²) in [7, 11) is 0. The highest BCUT2D eigenvalue weighted by Gasteiger charge is 2.19. The lowest BCUT2D eigenvalue weighted by molar-refractivity contribution is -0.136. The Morgan fingerprint density at radius 2 is 1.62 bits per heavy atom. The number of carboxylic acid groups (broad SMARTS) is 1. The van der Waals surface area contributed by atoms with Gasteiger partial charge < -0.3 is 10.4 Å². The van der Waals surface area contributed by atoms with Crippen LogP contribution >= 0.6 is 0 Å². The Labute approximate surface area is 142 Å². The van der Waals surface area contributed by atoms with Crippen molar-refractivity contribution in [1.29, 1.82) is 0 Å². The zero-order chi connectivity index (χ0) is 17.5. The molecule has 24 heavy (non-hydrogen) atoms. The fraction of sp³-hybridized carbons (Fsp3) is 0.300. The van der Waals surface area contributed by atoms with Crippen LogP contribution in [0.2, 0.25) is 0 Å². The van der Waals surface area contributed by atoms with E-state index in [-0.39, 0.29) is 18.2 Å². The van der Waals surface area contributed by atoms with Crippen molar-refractivity contribution in [3.05, 3.63) is 65.7 Å². The van der Waals surface area contributed by atoms with Gasteiger partial charge in [0.1, 0.15) is 0 Å². The molecular weight excluding hydrogens is 302 g/mol. The highest BCUT2D eigenvalue weighted by Crippen LogP contribution is 2.28. The molecule has 0 saturated heterocycles. The smallest absolute Gasteiger partial charge is 0.307 e. The number of carboxylic acids is 1. The number of hydrogen-bond acceptors (Lipinski definition) is 2. The molecule has 126 valence electrons. The van der Waals surface area contributed by atoms with Crippen LogP contribution in [0.25, 0.3) is 0 Å². The maximum Gasteiger partial charge on any atom is 0.307 e. The minimum absolute atomic E-state index is 0.0162. The molecule has 4 heteroatoms. The van der Waals surface area contributed by atoms with Gasteiger partial charge in [-0.1, -0.05) is 56.3 Å². The normalized spacial score (nSPS) is 12.0. The first-order valence-corrected chi connectivity index (χ1v) is 8.11. The third-order valence-electron chi connectivity index (χ3n) is 4.03. The Bertz CT molecular complexity index is 678. The number of nitrogens with one attached hydrogen (secondary N) is 1. The van der Waals surface area contributed by atoms with Gasteiger partial charge in [0, 0.05) is 12.1 Å². The first kappa shape index (κ1) is 17.7. The van der Waals surface area contributed by atoms with Gasteiger partial charge in [0.2, 0.25) is 5.91 Å². The molecule has 2 aromatic rings. The van der Waals surface area contributed by atoms with E-state index in [2.05, 4.69) is 31.3 Å². The molecule has 0 aliphatic heterocycles. The van der Waals surface area contributed by atoms with Crippen molar-refractivity contribution in [2.45, 2.75) is 32.6 Å². The van der Waals surface area contributed by atoms with Crippen LogP contribution in [-0.2, 0) is 16.0 Å². The summed E-state index contributed by atoms with van der Waals surface area (Å²) in [6.07, 6.45) is 0.399. The molecule has 2 N–H and O–H groups in total. The number of carbonyl (C=O) groups is 2. The van der Waals surface area contributed by atoms with Gasteiger partial charge in [-0.25, -0.2) is 0 Å². The predicted octanol–water partition coefficient (Wildman–Crippen LogP) is 4.08. The molecule has 1 amide bonds. The van der Waals surface area contributed by atoms with E-state index in [0.29, 0.717) is 23.6 Å². The van der Waals surface area contributed by atoms with Crippen LogP contribution in [0.3, 0.4) is 0 Å². The van der Waals surface area contributed by atoms with Crippen molar-refractivity contribution in [2.75, 3.05) is 5.32 Å². The summed E-state index contributed by atoms with van der Waals surface area (Å²) in [6.45, 7) is 4.23. The second-order valence-electron chi connectivity index (χ2n) is 6.28. The summed E-state index contributed by atoms with van der Waals surface area (Å²) in [5.41, 5.74) is 2.56. The number of carbonyl (C=O) groups excluding carboxylic acids is 1. The van der Waals surface area contributed by atoms with E-state index < -0.39 is 5.97 Å². The van der Waals surface area contributed by atoms with Crippen LogP contribution in [0.15, 0.2) is 54.6 Å². The van der Waals surface area contributed by atoms with Gasteiger partial charge in [-0.3, -0.25) is 9.59 Å². The third kappa shape index (κ3) is 5.23. The van der Waals surface area contributed by atoms with Gasteiger partial charge in [0.15, 0.2) is 0 Å². The molecule has 0 spiro atoms. The Morgan fingerprint density at radius 3 is 2.17 bits per heavy atom. The van der Waals surface area contributed by atoms with E-state index in [4.69, 9.17) is 5.11 Å². The third-order valence-corrected chi connectivity index (χ3v) is 4.03. The number of aliphatic carboxylic acids is 1. The molecule has 0 saturated carbocycles. The zero-order valence-corrected chi connectivity index (χ0v) is 14.0. The maximum absolute atomic E-state index is 12.4. The minimum atomic E-state index is -0.866. The van der Waals surface area contributed by atoms with Crippen LogP contribution < -0.4 is 5.32 Å². The maximum atomic E-state index is 12.4. The van der Waals surface area contributed by atoms with Gasteiger partial charge in [0.05, 0.1) is 6.42 Å². The molecule has 2 rings (SSSR count). The monoisotopic (exact) mass is 325 g/mol. The highest BCUT2D eigenvalue weighted by atomic mass is 16.4. The Morgan fingerprint density at radius 1 is 1.00 bits per heavy atom. The lowest BCUT2D eigenvalue weighted by Crippen LogP contribution is -2.18. The molecular formula is C20H23NO3. The van der Waals surface area contributed by atoms with Crippen LogP contribution in [0.1, 0.15) is 37.3 Å². The van der Waals surface area contributed by atoms with Crippen LogP contribution in [0.5, 0.6) is 0 Å². The van der Waals surface area contributed by atoms with Crippen molar-refractivity contribution in [3.63, 3.8) is 0 Å². The molecule has 0 radical (unpaired) electrons. The van der Waals surface area contributed by atoms with Gasteiger partial charge in [0.25, 0.3) is 0 Å². The topological polar surface area (TPSA) is 66.4 Å². The number of rotatable bonds is 7. The van der Waals surface area contributed by atoms with Gasteiger partial charge in [-0.2, -0.15) is 0 Å². The first-order valence-electron chi connectivity index (χ1n) is 8.11. The van der Waals surface area contributed by atoms with Gasteiger partial charge >= 0.3 is 5.97 Å². The summed E-state index contributed by atoms with van der Waals surface area (Å²) < 4.78 is 0. The van der Waals surface area contributed by atoms with Crippen molar-refractivity contribution in [2.24, 2.45) is 5.92 Å². The lowest BCUT2D eigenvalue weighted by Gasteiger charge is -2.21. The average molecular weight is 325 g/mol. The van der Waals surface area contributed by atoms with Crippen molar-refractivity contribution in [3.8, 4) is 0 Å². The summed E-state index contributed by atoms with van der Waals surface area (Å²) >= 11 is 0. The van der Waals surface area contributed by atoms with E-state index in [1.54, 1.807) is 24.3 Å². The second kappa shape index (κ2) is 8.29. The molecule has 1 atom stereocenters. The van der Waals surface area contributed by atoms with Crippen LogP contribution in [0, 0.1) is 5.92 Å². The minimum Gasteiger partial charge on any atom is -0.481 e. The predicted molar refractivity (Wildman–Crippen MR) is 95.0 cm³/mol. The van der Waals surface area contributed by atoms with Gasteiger partial charge in [-0.15, -0.1) is 0 Å². The largest absolute Gasteiger partial charge is 0.481 e. The molecule has 0 aromatic heterocycles. The molecule has 4 nitrogen and oxygen atoms in total. The molecule has 1 unspecified atom stereocenters. The highest BCUT2D eigenvalue weighted by molar-refractivity contribution is 5.91.